The second kappa shape index (κ2) is 4.75. The third kappa shape index (κ3) is 2.52. The summed E-state index contributed by atoms with van der Waals surface area (Å²) in [6.45, 7) is 3.48. The van der Waals surface area contributed by atoms with Gasteiger partial charge in [-0.05, 0) is 32.3 Å². The summed E-state index contributed by atoms with van der Waals surface area (Å²) in [6.07, 6.45) is 0. The highest BCUT2D eigenvalue weighted by atomic mass is 32.1. The molecule has 0 bridgehead atoms. The van der Waals surface area contributed by atoms with E-state index >= 15 is 0 Å². The van der Waals surface area contributed by atoms with Crippen molar-refractivity contribution in [3.05, 3.63) is 27.6 Å². The van der Waals surface area contributed by atoms with Gasteiger partial charge in [0.1, 0.15) is 16.1 Å². The van der Waals surface area contributed by atoms with Crippen molar-refractivity contribution in [3.8, 4) is 0 Å². The van der Waals surface area contributed by atoms with Crippen LogP contribution in [0.15, 0.2) is 16.2 Å². The maximum Gasteiger partial charge on any atom is 0.323 e. The molecule has 0 radical (unpaired) electrons. The van der Waals surface area contributed by atoms with Gasteiger partial charge in [0.15, 0.2) is 0 Å². The average molecular weight is 281 g/mol. The lowest BCUT2D eigenvalue weighted by molar-refractivity contribution is -0.148. The molecule has 2 N–H and O–H groups in total. The van der Waals surface area contributed by atoms with Crippen LogP contribution in [0.2, 0.25) is 0 Å². The van der Waals surface area contributed by atoms with E-state index in [9.17, 15) is 9.59 Å². The van der Waals surface area contributed by atoms with Gasteiger partial charge in [-0.2, -0.15) is 0 Å². The van der Waals surface area contributed by atoms with Crippen molar-refractivity contribution in [2.24, 2.45) is 0 Å². The number of H-pyrrole nitrogens is 1. The Balaban J connectivity index is 2.31. The summed E-state index contributed by atoms with van der Waals surface area (Å²) in [5.74, 6) is -0.457. The summed E-state index contributed by atoms with van der Waals surface area (Å²) in [7, 11) is 1.69. The smallest absolute Gasteiger partial charge is 0.323 e. The third-order valence-corrected chi connectivity index (χ3v) is 4.13. The van der Waals surface area contributed by atoms with Gasteiger partial charge >= 0.3 is 5.97 Å². The first-order chi connectivity index (χ1) is 8.82. The molecule has 0 fully saturated rings. The van der Waals surface area contributed by atoms with Crippen LogP contribution in [-0.2, 0) is 11.3 Å². The van der Waals surface area contributed by atoms with Crippen molar-refractivity contribution in [2.45, 2.75) is 25.9 Å². The quantitative estimate of drug-likeness (QED) is 0.881. The molecular formula is C12H15N3O3S. The molecule has 6 nitrogen and oxygen atoms in total. The summed E-state index contributed by atoms with van der Waals surface area (Å²) in [5, 5.41) is 11.0. The van der Waals surface area contributed by atoms with Crippen LogP contribution in [0, 0.1) is 0 Å². The topological polar surface area (TPSA) is 86.3 Å². The minimum Gasteiger partial charge on any atom is -0.480 e. The van der Waals surface area contributed by atoms with E-state index in [4.69, 9.17) is 5.11 Å². The van der Waals surface area contributed by atoms with Gasteiger partial charge in [-0.3, -0.25) is 14.5 Å². The summed E-state index contributed by atoms with van der Waals surface area (Å²) in [6, 6.07) is 1.78. The van der Waals surface area contributed by atoms with E-state index in [0.29, 0.717) is 16.0 Å². The summed E-state index contributed by atoms with van der Waals surface area (Å²) in [4.78, 5) is 31.6. The number of nitrogens with one attached hydrogen (secondary N) is 1. The molecule has 0 aliphatic heterocycles. The number of carbonyl (C=O) groups is 1. The van der Waals surface area contributed by atoms with Crippen LogP contribution in [-0.4, -0.2) is 38.5 Å². The van der Waals surface area contributed by atoms with Crippen LogP contribution in [0.5, 0.6) is 0 Å². The zero-order valence-corrected chi connectivity index (χ0v) is 11.7. The second-order valence-corrected chi connectivity index (χ2v) is 5.78. The molecular weight excluding hydrogens is 266 g/mol. The molecule has 0 saturated heterocycles. The van der Waals surface area contributed by atoms with Crippen molar-refractivity contribution >= 4 is 27.5 Å². The fourth-order valence-electron chi connectivity index (χ4n) is 1.58. The molecule has 0 aliphatic rings. The number of hydrogen-bond acceptors (Lipinski definition) is 5. The largest absolute Gasteiger partial charge is 0.480 e. The van der Waals surface area contributed by atoms with Crippen LogP contribution >= 0.6 is 11.3 Å². The van der Waals surface area contributed by atoms with E-state index in [0.717, 1.165) is 0 Å². The molecule has 0 aromatic carbocycles. The Morgan fingerprint density at radius 2 is 2.26 bits per heavy atom. The predicted octanol–water partition coefficient (Wildman–Crippen LogP) is 1.28. The standard InChI is InChI=1S/C12H15N3O3S/c1-12(2,11(17)18)15(3)6-8-13-7-4-5-19-9(7)10(16)14-8/h4-5H,6H2,1-3H3,(H,17,18)(H,13,14,16). The molecule has 2 rings (SSSR count). The van der Waals surface area contributed by atoms with E-state index in [2.05, 4.69) is 9.97 Å². The SMILES string of the molecule is CN(Cc1nc2ccsc2c(=O)[nH]1)C(C)(C)C(=O)O. The highest BCUT2D eigenvalue weighted by molar-refractivity contribution is 7.17. The van der Waals surface area contributed by atoms with Crippen LogP contribution in [0.3, 0.4) is 0 Å². The van der Waals surface area contributed by atoms with E-state index in [1.165, 1.54) is 11.3 Å². The van der Waals surface area contributed by atoms with E-state index < -0.39 is 11.5 Å². The normalized spacial score (nSPS) is 12.2. The minimum absolute atomic E-state index is 0.184. The number of fused-ring (bicyclic) bond motifs is 1. The van der Waals surface area contributed by atoms with Gasteiger partial charge in [0.25, 0.3) is 5.56 Å². The molecule has 0 saturated carbocycles. The number of likely N-dealkylation sites (N-methyl/N-ethyl adjacent to an activating group) is 1. The lowest BCUT2D eigenvalue weighted by atomic mass is 10.0. The van der Waals surface area contributed by atoms with Gasteiger partial charge < -0.3 is 10.1 Å². The number of aromatic nitrogens is 2. The number of rotatable bonds is 4. The molecule has 0 unspecified atom stereocenters. The minimum atomic E-state index is -1.03. The second-order valence-electron chi connectivity index (χ2n) is 4.87. The number of carboxylic acids is 1. The Morgan fingerprint density at radius 1 is 1.58 bits per heavy atom. The number of thiophene rings is 1. The lowest BCUT2D eigenvalue weighted by Crippen LogP contribution is -2.47. The molecule has 7 heteroatoms. The fraction of sp³-hybridized carbons (Fsp3) is 0.417. The Bertz CT molecular complexity index is 674. The Kier molecular flexibility index (Phi) is 3.42. The molecule has 2 aromatic rings. The van der Waals surface area contributed by atoms with Crippen molar-refractivity contribution < 1.29 is 9.90 Å². The van der Waals surface area contributed by atoms with E-state index in [-0.39, 0.29) is 12.1 Å². The Morgan fingerprint density at radius 3 is 2.89 bits per heavy atom. The van der Waals surface area contributed by atoms with Crippen molar-refractivity contribution in [1.82, 2.24) is 14.9 Å². The lowest BCUT2D eigenvalue weighted by Gasteiger charge is -2.30. The van der Waals surface area contributed by atoms with Gasteiger partial charge in [-0.1, -0.05) is 0 Å². The zero-order valence-electron chi connectivity index (χ0n) is 10.9. The third-order valence-electron chi connectivity index (χ3n) is 3.23. The van der Waals surface area contributed by atoms with Crippen molar-refractivity contribution in [2.75, 3.05) is 7.05 Å². The number of aromatic amines is 1. The monoisotopic (exact) mass is 281 g/mol. The van der Waals surface area contributed by atoms with Crippen LogP contribution < -0.4 is 5.56 Å². The summed E-state index contributed by atoms with van der Waals surface area (Å²) >= 11 is 1.34. The predicted molar refractivity (Wildman–Crippen MR) is 73.4 cm³/mol. The van der Waals surface area contributed by atoms with Gasteiger partial charge in [-0.15, -0.1) is 11.3 Å². The summed E-state index contributed by atoms with van der Waals surface area (Å²) < 4.78 is 0.587. The van der Waals surface area contributed by atoms with Crippen molar-refractivity contribution in [3.63, 3.8) is 0 Å². The first-order valence-corrected chi connectivity index (χ1v) is 6.61. The van der Waals surface area contributed by atoms with E-state index in [1.807, 2.05) is 5.38 Å². The molecule has 19 heavy (non-hydrogen) atoms. The van der Waals surface area contributed by atoms with E-state index in [1.54, 1.807) is 31.9 Å². The Hall–Kier alpha value is -1.73. The molecule has 0 spiro atoms. The molecule has 0 atom stereocenters. The Labute approximate surface area is 113 Å². The van der Waals surface area contributed by atoms with Crippen molar-refractivity contribution in [1.29, 1.82) is 0 Å². The maximum atomic E-state index is 11.8. The number of carboxylic acid groups (broad SMARTS) is 1. The summed E-state index contributed by atoms with van der Waals surface area (Å²) in [5.41, 5.74) is -0.566. The van der Waals surface area contributed by atoms with Gasteiger partial charge in [-0.25, -0.2) is 4.98 Å². The molecule has 0 amide bonds. The van der Waals surface area contributed by atoms with Gasteiger partial charge in [0.2, 0.25) is 0 Å². The fourth-order valence-corrected chi connectivity index (χ4v) is 2.31. The zero-order chi connectivity index (χ0) is 14.2. The highest BCUT2D eigenvalue weighted by Crippen LogP contribution is 2.17. The van der Waals surface area contributed by atoms with Gasteiger partial charge in [0.05, 0.1) is 12.1 Å². The van der Waals surface area contributed by atoms with Gasteiger partial charge in [0, 0.05) is 0 Å². The number of aliphatic carboxylic acids is 1. The molecule has 2 heterocycles. The molecule has 102 valence electrons. The van der Waals surface area contributed by atoms with Crippen LogP contribution in [0.1, 0.15) is 19.7 Å². The van der Waals surface area contributed by atoms with Crippen LogP contribution in [0.25, 0.3) is 10.2 Å². The first kappa shape index (κ1) is 13.7. The highest BCUT2D eigenvalue weighted by Gasteiger charge is 2.32. The number of nitrogens with zero attached hydrogens (tertiary/aromatic N) is 2. The maximum absolute atomic E-state index is 11.8. The molecule has 0 aliphatic carbocycles. The average Bonchev–Trinajstić information content (AvgIpc) is 2.77. The first-order valence-electron chi connectivity index (χ1n) is 5.73. The van der Waals surface area contributed by atoms with Crippen LogP contribution in [0.4, 0.5) is 0 Å². The number of hydrogen-bond donors (Lipinski definition) is 2. The molecule has 2 aromatic heterocycles.